The molecular weight excluding hydrogens is 180 g/mol. The highest BCUT2D eigenvalue weighted by Crippen LogP contribution is 2.17. The number of hydrogen-bond donors (Lipinski definition) is 2. The fourth-order valence-corrected chi connectivity index (χ4v) is 1.51. The van der Waals surface area contributed by atoms with E-state index in [1.807, 2.05) is 6.07 Å². The van der Waals surface area contributed by atoms with E-state index in [9.17, 15) is 4.79 Å². The second-order valence-electron chi connectivity index (χ2n) is 3.01. The van der Waals surface area contributed by atoms with Gasteiger partial charge >= 0.3 is 0 Å². The summed E-state index contributed by atoms with van der Waals surface area (Å²) in [5, 5.41) is 0.882. The van der Waals surface area contributed by atoms with E-state index >= 15 is 0 Å². The molecule has 0 radical (unpaired) electrons. The van der Waals surface area contributed by atoms with Crippen LogP contribution in [0.2, 0.25) is 0 Å². The van der Waals surface area contributed by atoms with E-state index in [0.717, 1.165) is 16.6 Å². The molecular formula is C9H6N4O. The summed E-state index contributed by atoms with van der Waals surface area (Å²) in [5.41, 5.74) is 1.97. The second-order valence-corrected chi connectivity index (χ2v) is 3.01. The molecule has 0 aliphatic heterocycles. The molecule has 68 valence electrons. The van der Waals surface area contributed by atoms with Gasteiger partial charge in [0.1, 0.15) is 11.2 Å². The van der Waals surface area contributed by atoms with Crippen LogP contribution < -0.4 is 5.56 Å². The van der Waals surface area contributed by atoms with Gasteiger partial charge in [-0.05, 0) is 6.07 Å². The molecule has 3 heterocycles. The number of fused-ring (bicyclic) bond motifs is 3. The van der Waals surface area contributed by atoms with E-state index in [1.165, 1.54) is 6.20 Å². The maximum atomic E-state index is 11.1. The fraction of sp³-hybridized carbons (Fsp3) is 0. The van der Waals surface area contributed by atoms with Crippen LogP contribution in [0.5, 0.6) is 0 Å². The molecule has 0 saturated carbocycles. The van der Waals surface area contributed by atoms with Crippen LogP contribution in [0.3, 0.4) is 0 Å². The molecule has 0 saturated heterocycles. The van der Waals surface area contributed by atoms with Gasteiger partial charge in [0.25, 0.3) is 5.56 Å². The minimum Gasteiger partial charge on any atom is -0.346 e. The minimum absolute atomic E-state index is 0.203. The van der Waals surface area contributed by atoms with Gasteiger partial charge in [0.05, 0.1) is 17.9 Å². The number of hydrogen-bond acceptors (Lipinski definition) is 3. The molecule has 5 heteroatoms. The summed E-state index contributed by atoms with van der Waals surface area (Å²) in [6, 6.07) is 1.86. The molecule has 0 aromatic carbocycles. The molecule has 3 aromatic rings. The first-order chi connectivity index (χ1) is 6.84. The highest BCUT2D eigenvalue weighted by molar-refractivity contribution is 5.99. The van der Waals surface area contributed by atoms with Crippen molar-refractivity contribution in [1.29, 1.82) is 0 Å². The zero-order valence-corrected chi connectivity index (χ0v) is 7.11. The van der Waals surface area contributed by atoms with Crippen LogP contribution in [0.4, 0.5) is 0 Å². The highest BCUT2D eigenvalue weighted by Gasteiger charge is 2.03. The van der Waals surface area contributed by atoms with Crippen molar-refractivity contribution in [2.75, 3.05) is 0 Å². The van der Waals surface area contributed by atoms with E-state index in [1.54, 1.807) is 12.4 Å². The van der Waals surface area contributed by atoms with Gasteiger partial charge in [-0.1, -0.05) is 0 Å². The van der Waals surface area contributed by atoms with Gasteiger partial charge in [0.2, 0.25) is 0 Å². The Hall–Kier alpha value is -2.17. The van der Waals surface area contributed by atoms with E-state index in [2.05, 4.69) is 19.9 Å². The van der Waals surface area contributed by atoms with E-state index < -0.39 is 0 Å². The summed E-state index contributed by atoms with van der Waals surface area (Å²) in [7, 11) is 0. The van der Waals surface area contributed by atoms with Crippen molar-refractivity contribution >= 4 is 22.1 Å². The van der Waals surface area contributed by atoms with Crippen LogP contribution in [0.15, 0.2) is 29.5 Å². The molecule has 0 aliphatic rings. The number of nitrogens with one attached hydrogen (secondary N) is 2. The number of aromatic amines is 2. The summed E-state index contributed by atoms with van der Waals surface area (Å²) in [4.78, 5) is 25.0. The van der Waals surface area contributed by atoms with Gasteiger partial charge in [-0.15, -0.1) is 0 Å². The number of pyridine rings is 1. The number of rotatable bonds is 0. The summed E-state index contributed by atoms with van der Waals surface area (Å²) in [5.74, 6) is 0. The summed E-state index contributed by atoms with van der Waals surface area (Å²) in [6.45, 7) is 0. The topological polar surface area (TPSA) is 74.4 Å². The summed E-state index contributed by atoms with van der Waals surface area (Å²) < 4.78 is 0. The lowest BCUT2D eigenvalue weighted by Crippen LogP contribution is -2.05. The summed E-state index contributed by atoms with van der Waals surface area (Å²) >= 11 is 0. The standard InChI is InChI=1S/C9H6N4O/c14-7-4-11-6-3-12-9-5(1-2-10-9)8(6)13-7/h1-4H,(H,10,12)(H,13,14). The lowest BCUT2D eigenvalue weighted by molar-refractivity contribution is 1.21. The average molecular weight is 186 g/mol. The van der Waals surface area contributed by atoms with Crippen molar-refractivity contribution in [3.05, 3.63) is 35.0 Å². The van der Waals surface area contributed by atoms with Crippen LogP contribution in [0, 0.1) is 0 Å². The molecule has 3 rings (SSSR count). The van der Waals surface area contributed by atoms with Crippen LogP contribution in [-0.2, 0) is 0 Å². The molecule has 0 spiro atoms. The average Bonchev–Trinajstić information content (AvgIpc) is 2.65. The largest absolute Gasteiger partial charge is 0.346 e. The first-order valence-corrected chi connectivity index (χ1v) is 4.16. The van der Waals surface area contributed by atoms with E-state index in [4.69, 9.17) is 0 Å². The van der Waals surface area contributed by atoms with Gasteiger partial charge in [-0.25, -0.2) is 9.97 Å². The smallest absolute Gasteiger partial charge is 0.266 e. The monoisotopic (exact) mass is 186 g/mol. The van der Waals surface area contributed by atoms with Gasteiger partial charge in [-0.3, -0.25) is 4.79 Å². The first kappa shape index (κ1) is 7.25. The van der Waals surface area contributed by atoms with Crippen LogP contribution in [0.25, 0.3) is 22.1 Å². The van der Waals surface area contributed by atoms with Crippen molar-refractivity contribution in [3.63, 3.8) is 0 Å². The molecule has 0 atom stereocenters. The third-order valence-electron chi connectivity index (χ3n) is 2.14. The SMILES string of the molecule is O=c1cnc2cnc3[nH]ccc3c2[nH]1. The molecule has 5 nitrogen and oxygen atoms in total. The second kappa shape index (κ2) is 2.41. The van der Waals surface area contributed by atoms with Gasteiger partial charge in [-0.2, -0.15) is 0 Å². The maximum absolute atomic E-state index is 11.1. The lowest BCUT2D eigenvalue weighted by atomic mass is 10.3. The zero-order chi connectivity index (χ0) is 9.54. The Bertz CT molecular complexity index is 667. The molecule has 0 aliphatic carbocycles. The van der Waals surface area contributed by atoms with Crippen LogP contribution >= 0.6 is 0 Å². The molecule has 0 bridgehead atoms. The normalized spacial score (nSPS) is 11.1. The number of nitrogens with zero attached hydrogens (tertiary/aromatic N) is 2. The number of H-pyrrole nitrogens is 2. The minimum atomic E-state index is -0.203. The Balaban J connectivity index is 2.66. The Morgan fingerprint density at radius 2 is 2.14 bits per heavy atom. The first-order valence-electron chi connectivity index (χ1n) is 4.16. The predicted molar refractivity (Wildman–Crippen MR) is 52.0 cm³/mol. The quantitative estimate of drug-likeness (QED) is 0.545. The van der Waals surface area contributed by atoms with E-state index in [0.29, 0.717) is 5.52 Å². The van der Waals surface area contributed by atoms with Crippen LogP contribution in [0.1, 0.15) is 0 Å². The van der Waals surface area contributed by atoms with Crippen molar-refractivity contribution in [2.45, 2.75) is 0 Å². The van der Waals surface area contributed by atoms with Gasteiger partial charge in [0, 0.05) is 11.6 Å². The predicted octanol–water partition coefficient (Wildman–Crippen LogP) is 0.799. The number of aromatic nitrogens is 4. The summed E-state index contributed by atoms with van der Waals surface area (Å²) in [6.07, 6.45) is 4.66. The molecule has 0 amide bonds. The molecule has 2 N–H and O–H groups in total. The van der Waals surface area contributed by atoms with Crippen molar-refractivity contribution in [3.8, 4) is 0 Å². The van der Waals surface area contributed by atoms with Crippen molar-refractivity contribution in [1.82, 2.24) is 19.9 Å². The van der Waals surface area contributed by atoms with E-state index in [-0.39, 0.29) is 5.56 Å². The van der Waals surface area contributed by atoms with Crippen molar-refractivity contribution < 1.29 is 0 Å². The molecule has 14 heavy (non-hydrogen) atoms. The van der Waals surface area contributed by atoms with Gasteiger partial charge < -0.3 is 9.97 Å². The van der Waals surface area contributed by atoms with Gasteiger partial charge in [0.15, 0.2) is 0 Å². The zero-order valence-electron chi connectivity index (χ0n) is 7.11. The third kappa shape index (κ3) is 0.861. The van der Waals surface area contributed by atoms with Crippen molar-refractivity contribution in [2.24, 2.45) is 0 Å². The lowest BCUT2D eigenvalue weighted by Gasteiger charge is -1.96. The molecule has 0 fully saturated rings. The fourth-order valence-electron chi connectivity index (χ4n) is 1.51. The maximum Gasteiger partial charge on any atom is 0.266 e. The molecule has 3 aromatic heterocycles. The highest BCUT2D eigenvalue weighted by atomic mass is 16.1. The Labute approximate surface area is 77.8 Å². The Morgan fingerprint density at radius 3 is 3.07 bits per heavy atom. The molecule has 0 unspecified atom stereocenters. The Kier molecular flexibility index (Phi) is 1.25. The Morgan fingerprint density at radius 1 is 1.21 bits per heavy atom. The third-order valence-corrected chi connectivity index (χ3v) is 2.14. The van der Waals surface area contributed by atoms with Crippen LogP contribution in [-0.4, -0.2) is 19.9 Å².